The molecule has 1 atom stereocenters. The summed E-state index contributed by atoms with van der Waals surface area (Å²) in [5.74, 6) is 0.538. The van der Waals surface area contributed by atoms with Crippen molar-refractivity contribution in [2.75, 3.05) is 6.54 Å². The van der Waals surface area contributed by atoms with Crippen molar-refractivity contribution >= 4 is 11.3 Å². The number of hydrogen-bond acceptors (Lipinski definition) is 3. The van der Waals surface area contributed by atoms with E-state index in [0.29, 0.717) is 12.0 Å². The van der Waals surface area contributed by atoms with E-state index in [4.69, 9.17) is 0 Å². The average molecular weight is 240 g/mol. The Bertz CT molecular complexity index is 253. The van der Waals surface area contributed by atoms with E-state index < -0.39 is 0 Å². The van der Waals surface area contributed by atoms with Crippen molar-refractivity contribution in [3.8, 4) is 0 Å². The fourth-order valence-corrected chi connectivity index (χ4v) is 2.65. The van der Waals surface area contributed by atoms with Gasteiger partial charge in [0.05, 0.1) is 5.01 Å². The molecule has 2 nitrogen and oxygen atoms in total. The third-order valence-electron chi connectivity index (χ3n) is 2.86. The Kier molecular flexibility index (Phi) is 6.65. The first-order valence-corrected chi connectivity index (χ1v) is 7.28. The number of thiazole rings is 1. The quantitative estimate of drug-likeness (QED) is 0.747. The van der Waals surface area contributed by atoms with Gasteiger partial charge in [0.25, 0.3) is 0 Å². The van der Waals surface area contributed by atoms with E-state index in [1.807, 2.05) is 6.20 Å². The first kappa shape index (κ1) is 13.7. The van der Waals surface area contributed by atoms with Crippen molar-refractivity contribution in [3.05, 3.63) is 16.6 Å². The molecule has 0 saturated carbocycles. The lowest BCUT2D eigenvalue weighted by atomic mass is 10.1. The molecule has 0 aliphatic heterocycles. The normalized spacial score (nSPS) is 13.2. The molecule has 0 saturated heterocycles. The fraction of sp³-hybridized carbons (Fsp3) is 0.769. The largest absolute Gasteiger partial charge is 0.313 e. The first-order valence-electron chi connectivity index (χ1n) is 6.40. The summed E-state index contributed by atoms with van der Waals surface area (Å²) in [5.41, 5.74) is 0. The maximum absolute atomic E-state index is 4.36. The second kappa shape index (κ2) is 7.80. The molecule has 1 unspecified atom stereocenters. The van der Waals surface area contributed by atoms with E-state index in [9.17, 15) is 0 Å². The topological polar surface area (TPSA) is 24.9 Å². The number of rotatable bonds is 8. The summed E-state index contributed by atoms with van der Waals surface area (Å²) in [4.78, 5) is 4.36. The van der Waals surface area contributed by atoms with Crippen molar-refractivity contribution in [2.24, 2.45) is 0 Å². The molecule has 1 heterocycles. The molecule has 1 aromatic rings. The van der Waals surface area contributed by atoms with Crippen LogP contribution in [0, 0.1) is 0 Å². The number of aromatic nitrogens is 1. The maximum atomic E-state index is 4.36. The molecule has 0 spiro atoms. The summed E-state index contributed by atoms with van der Waals surface area (Å²) in [6, 6.07) is 0.692. The molecule has 1 rings (SSSR count). The van der Waals surface area contributed by atoms with Gasteiger partial charge in [-0.05, 0) is 12.8 Å². The second-order valence-corrected chi connectivity index (χ2v) is 5.38. The summed E-state index contributed by atoms with van der Waals surface area (Å²) < 4.78 is 0. The molecule has 3 heteroatoms. The number of nitrogens with one attached hydrogen (secondary N) is 1. The molecule has 0 aromatic carbocycles. The molecule has 0 aliphatic rings. The summed E-state index contributed by atoms with van der Waals surface area (Å²) in [6.07, 6.45) is 7.01. The van der Waals surface area contributed by atoms with Crippen molar-refractivity contribution in [2.45, 2.75) is 58.4 Å². The lowest BCUT2D eigenvalue weighted by molar-refractivity contribution is 0.432. The van der Waals surface area contributed by atoms with E-state index in [1.54, 1.807) is 11.3 Å². The highest BCUT2D eigenvalue weighted by Gasteiger charge is 2.11. The molecular weight excluding hydrogens is 216 g/mol. The number of hydrogen-bond donors (Lipinski definition) is 1. The Hall–Kier alpha value is -0.410. The third kappa shape index (κ3) is 4.62. The smallest absolute Gasteiger partial charge is 0.0965 e. The van der Waals surface area contributed by atoms with Gasteiger partial charge in [-0.1, -0.05) is 33.6 Å². The Balaban J connectivity index is 2.30. The summed E-state index contributed by atoms with van der Waals surface area (Å²) in [5, 5.41) is 6.98. The molecule has 0 bridgehead atoms. The standard InChI is InChI=1S/C13H24N2S/c1-4-6-12(7-5-2)15-10-11(3)13-14-8-9-16-13/h8-9,11-12,15H,4-7,10H2,1-3H3. The van der Waals surface area contributed by atoms with Gasteiger partial charge in [-0.3, -0.25) is 0 Å². The van der Waals surface area contributed by atoms with Crippen LogP contribution in [0.2, 0.25) is 0 Å². The minimum absolute atomic E-state index is 0.538. The lowest BCUT2D eigenvalue weighted by Crippen LogP contribution is -2.31. The van der Waals surface area contributed by atoms with Crippen LogP contribution >= 0.6 is 11.3 Å². The van der Waals surface area contributed by atoms with E-state index in [-0.39, 0.29) is 0 Å². The minimum Gasteiger partial charge on any atom is -0.313 e. The zero-order valence-electron chi connectivity index (χ0n) is 10.7. The van der Waals surface area contributed by atoms with Gasteiger partial charge in [0, 0.05) is 30.1 Å². The average Bonchev–Trinajstić information content (AvgIpc) is 2.79. The Labute approximate surface area is 103 Å². The van der Waals surface area contributed by atoms with Crippen LogP contribution in [0.3, 0.4) is 0 Å². The molecule has 0 aliphatic carbocycles. The van der Waals surface area contributed by atoms with E-state index >= 15 is 0 Å². The zero-order chi connectivity index (χ0) is 11.8. The zero-order valence-corrected chi connectivity index (χ0v) is 11.5. The van der Waals surface area contributed by atoms with E-state index in [1.165, 1.54) is 30.7 Å². The predicted octanol–water partition coefficient (Wildman–Crippen LogP) is 3.81. The highest BCUT2D eigenvalue weighted by atomic mass is 32.1. The Morgan fingerprint density at radius 1 is 1.31 bits per heavy atom. The van der Waals surface area contributed by atoms with Crippen molar-refractivity contribution in [1.29, 1.82) is 0 Å². The second-order valence-electron chi connectivity index (χ2n) is 4.45. The fourth-order valence-electron chi connectivity index (χ4n) is 1.95. The van der Waals surface area contributed by atoms with Gasteiger partial charge in [-0.2, -0.15) is 0 Å². The van der Waals surface area contributed by atoms with Crippen LogP contribution in [0.5, 0.6) is 0 Å². The molecule has 0 radical (unpaired) electrons. The van der Waals surface area contributed by atoms with E-state index in [2.05, 4.69) is 36.5 Å². The van der Waals surface area contributed by atoms with Gasteiger partial charge in [-0.25, -0.2) is 4.98 Å². The monoisotopic (exact) mass is 240 g/mol. The molecular formula is C13H24N2S. The van der Waals surface area contributed by atoms with Gasteiger partial charge in [0.15, 0.2) is 0 Å². The van der Waals surface area contributed by atoms with Crippen molar-refractivity contribution < 1.29 is 0 Å². The lowest BCUT2D eigenvalue weighted by Gasteiger charge is -2.19. The molecule has 1 N–H and O–H groups in total. The van der Waals surface area contributed by atoms with Crippen LogP contribution in [0.15, 0.2) is 11.6 Å². The van der Waals surface area contributed by atoms with E-state index in [0.717, 1.165) is 6.54 Å². The molecule has 16 heavy (non-hydrogen) atoms. The molecule has 92 valence electrons. The van der Waals surface area contributed by atoms with Gasteiger partial charge in [0.1, 0.15) is 0 Å². The van der Waals surface area contributed by atoms with Gasteiger partial charge in [-0.15, -0.1) is 11.3 Å². The Morgan fingerprint density at radius 3 is 2.50 bits per heavy atom. The number of nitrogens with zero attached hydrogens (tertiary/aromatic N) is 1. The third-order valence-corrected chi connectivity index (χ3v) is 3.87. The minimum atomic E-state index is 0.538. The molecule has 1 aromatic heterocycles. The summed E-state index contributed by atoms with van der Waals surface area (Å²) in [7, 11) is 0. The molecule has 0 fully saturated rings. The first-order chi connectivity index (χ1) is 7.77. The SMILES string of the molecule is CCCC(CCC)NCC(C)c1nccs1. The van der Waals surface area contributed by atoms with Crippen LogP contribution in [-0.4, -0.2) is 17.6 Å². The van der Waals surface area contributed by atoms with Crippen LogP contribution in [0.1, 0.15) is 57.4 Å². The van der Waals surface area contributed by atoms with Crippen molar-refractivity contribution in [1.82, 2.24) is 10.3 Å². The summed E-state index contributed by atoms with van der Waals surface area (Å²) in [6.45, 7) is 7.82. The van der Waals surface area contributed by atoms with Crippen LogP contribution in [0.4, 0.5) is 0 Å². The highest BCUT2D eigenvalue weighted by Crippen LogP contribution is 2.17. The highest BCUT2D eigenvalue weighted by molar-refractivity contribution is 7.09. The van der Waals surface area contributed by atoms with Gasteiger partial charge >= 0.3 is 0 Å². The Morgan fingerprint density at radius 2 is 2.00 bits per heavy atom. The van der Waals surface area contributed by atoms with Crippen LogP contribution in [0.25, 0.3) is 0 Å². The van der Waals surface area contributed by atoms with Crippen molar-refractivity contribution in [3.63, 3.8) is 0 Å². The van der Waals surface area contributed by atoms with Gasteiger partial charge in [0.2, 0.25) is 0 Å². The maximum Gasteiger partial charge on any atom is 0.0965 e. The van der Waals surface area contributed by atoms with Crippen LogP contribution < -0.4 is 5.32 Å². The van der Waals surface area contributed by atoms with Gasteiger partial charge < -0.3 is 5.32 Å². The predicted molar refractivity (Wildman–Crippen MR) is 72.1 cm³/mol. The molecule has 0 amide bonds. The summed E-state index contributed by atoms with van der Waals surface area (Å²) >= 11 is 1.76. The van der Waals surface area contributed by atoms with Crippen LogP contribution in [-0.2, 0) is 0 Å².